The van der Waals surface area contributed by atoms with Gasteiger partial charge in [-0.3, -0.25) is 4.79 Å². The standard InChI is InChI=1S/C16H15IO4S/c1-21-16(18)15(11-12-7-5-6-10-14(12)17)22(19,20)13-8-3-2-4-9-13/h2-10,15H,11H2,1H3. The van der Waals surface area contributed by atoms with Crippen LogP contribution in [-0.4, -0.2) is 26.7 Å². The highest BCUT2D eigenvalue weighted by Crippen LogP contribution is 2.22. The molecule has 0 spiro atoms. The molecule has 0 aliphatic rings. The Morgan fingerprint density at radius 2 is 1.68 bits per heavy atom. The summed E-state index contributed by atoms with van der Waals surface area (Å²) in [5.41, 5.74) is 0.804. The molecule has 0 saturated heterocycles. The average Bonchev–Trinajstić information content (AvgIpc) is 2.54. The number of benzene rings is 2. The van der Waals surface area contributed by atoms with Gasteiger partial charge in [0.1, 0.15) is 0 Å². The molecule has 0 aromatic heterocycles. The van der Waals surface area contributed by atoms with E-state index in [4.69, 9.17) is 4.74 Å². The predicted octanol–water partition coefficient (Wildman–Crippen LogP) is 2.85. The molecule has 2 aromatic carbocycles. The summed E-state index contributed by atoms with van der Waals surface area (Å²) >= 11 is 2.13. The van der Waals surface area contributed by atoms with E-state index in [-0.39, 0.29) is 11.3 Å². The van der Waals surface area contributed by atoms with Gasteiger partial charge in [-0.1, -0.05) is 36.4 Å². The number of hydrogen-bond acceptors (Lipinski definition) is 4. The van der Waals surface area contributed by atoms with Crippen molar-refractivity contribution in [3.05, 3.63) is 63.7 Å². The fourth-order valence-corrected chi connectivity index (χ4v) is 4.31. The fourth-order valence-electron chi connectivity index (χ4n) is 2.09. The van der Waals surface area contributed by atoms with Gasteiger partial charge in [-0.2, -0.15) is 0 Å². The first kappa shape index (κ1) is 17.0. The fraction of sp³-hybridized carbons (Fsp3) is 0.188. The van der Waals surface area contributed by atoms with Crippen LogP contribution in [0.25, 0.3) is 0 Å². The maximum Gasteiger partial charge on any atom is 0.324 e. The number of esters is 1. The van der Waals surface area contributed by atoms with E-state index in [0.717, 1.165) is 9.13 Å². The van der Waals surface area contributed by atoms with Crippen molar-refractivity contribution in [2.75, 3.05) is 7.11 Å². The van der Waals surface area contributed by atoms with Crippen LogP contribution in [0, 0.1) is 3.57 Å². The number of hydrogen-bond donors (Lipinski definition) is 0. The zero-order valence-electron chi connectivity index (χ0n) is 11.9. The van der Waals surface area contributed by atoms with Gasteiger partial charge >= 0.3 is 5.97 Å². The van der Waals surface area contributed by atoms with Crippen LogP contribution in [0.4, 0.5) is 0 Å². The van der Waals surface area contributed by atoms with Crippen LogP contribution in [0.15, 0.2) is 59.5 Å². The van der Waals surface area contributed by atoms with Crippen molar-refractivity contribution in [3.8, 4) is 0 Å². The number of rotatable bonds is 5. The van der Waals surface area contributed by atoms with Gasteiger partial charge < -0.3 is 4.74 Å². The second kappa shape index (κ2) is 7.23. The first-order valence-corrected chi connectivity index (χ1v) is 9.19. The van der Waals surface area contributed by atoms with E-state index < -0.39 is 21.1 Å². The van der Waals surface area contributed by atoms with E-state index in [0.29, 0.717) is 0 Å². The third-order valence-electron chi connectivity index (χ3n) is 3.27. The van der Waals surface area contributed by atoms with E-state index in [9.17, 15) is 13.2 Å². The molecule has 0 fully saturated rings. The van der Waals surface area contributed by atoms with Crippen LogP contribution in [0.5, 0.6) is 0 Å². The maximum atomic E-state index is 12.7. The van der Waals surface area contributed by atoms with Gasteiger partial charge in [0.2, 0.25) is 0 Å². The summed E-state index contributed by atoms with van der Waals surface area (Å²) in [6.45, 7) is 0. The third kappa shape index (κ3) is 3.67. The second-order valence-electron chi connectivity index (χ2n) is 4.67. The molecule has 4 nitrogen and oxygen atoms in total. The summed E-state index contributed by atoms with van der Waals surface area (Å²) in [4.78, 5) is 12.2. The van der Waals surface area contributed by atoms with Crippen LogP contribution < -0.4 is 0 Å². The zero-order chi connectivity index (χ0) is 16.2. The molecule has 22 heavy (non-hydrogen) atoms. The largest absolute Gasteiger partial charge is 0.468 e. The Bertz CT molecular complexity index is 757. The summed E-state index contributed by atoms with van der Waals surface area (Å²) in [6.07, 6.45) is 0.0863. The molecule has 0 aliphatic carbocycles. The van der Waals surface area contributed by atoms with Crippen molar-refractivity contribution in [2.45, 2.75) is 16.6 Å². The highest BCUT2D eigenvalue weighted by molar-refractivity contribution is 14.1. The van der Waals surface area contributed by atoms with Gasteiger partial charge in [0.05, 0.1) is 12.0 Å². The normalized spacial score (nSPS) is 12.6. The first-order chi connectivity index (χ1) is 10.5. The van der Waals surface area contributed by atoms with Crippen molar-refractivity contribution >= 4 is 38.4 Å². The SMILES string of the molecule is COC(=O)C(Cc1ccccc1I)S(=O)(=O)c1ccccc1. The van der Waals surface area contributed by atoms with Crippen LogP contribution in [0.2, 0.25) is 0 Å². The van der Waals surface area contributed by atoms with Gasteiger partial charge in [-0.25, -0.2) is 8.42 Å². The molecule has 0 saturated carbocycles. The molecular formula is C16H15IO4S. The summed E-state index contributed by atoms with van der Waals surface area (Å²) in [5, 5.41) is -1.25. The Balaban J connectivity index is 2.43. The van der Waals surface area contributed by atoms with E-state index in [2.05, 4.69) is 22.6 Å². The molecule has 0 bridgehead atoms. The van der Waals surface area contributed by atoms with Gasteiger partial charge in [0.25, 0.3) is 0 Å². The molecule has 0 N–H and O–H groups in total. The average molecular weight is 430 g/mol. The molecule has 2 rings (SSSR count). The third-order valence-corrected chi connectivity index (χ3v) is 6.36. The Labute approximate surface area is 143 Å². The Morgan fingerprint density at radius 3 is 2.27 bits per heavy atom. The smallest absolute Gasteiger partial charge is 0.324 e. The van der Waals surface area contributed by atoms with Crippen molar-refractivity contribution in [1.29, 1.82) is 0 Å². The van der Waals surface area contributed by atoms with Crippen molar-refractivity contribution < 1.29 is 17.9 Å². The molecule has 6 heteroatoms. The minimum atomic E-state index is -3.81. The van der Waals surface area contributed by atoms with Crippen molar-refractivity contribution in [1.82, 2.24) is 0 Å². The lowest BCUT2D eigenvalue weighted by molar-refractivity contribution is -0.140. The minimum absolute atomic E-state index is 0.0863. The minimum Gasteiger partial charge on any atom is -0.468 e. The number of carbonyl (C=O) groups is 1. The van der Waals surface area contributed by atoms with Crippen LogP contribution in [-0.2, 0) is 25.8 Å². The predicted molar refractivity (Wildman–Crippen MR) is 92.3 cm³/mol. The number of halogens is 1. The van der Waals surface area contributed by atoms with Gasteiger partial charge in [-0.05, 0) is 46.4 Å². The molecule has 0 aliphatic heterocycles. The second-order valence-corrected chi connectivity index (χ2v) is 7.96. The van der Waals surface area contributed by atoms with Crippen LogP contribution in [0.3, 0.4) is 0 Å². The maximum absolute atomic E-state index is 12.7. The van der Waals surface area contributed by atoms with Gasteiger partial charge in [-0.15, -0.1) is 0 Å². The molecule has 1 unspecified atom stereocenters. The van der Waals surface area contributed by atoms with Crippen molar-refractivity contribution in [2.24, 2.45) is 0 Å². The Hall–Kier alpha value is -1.41. The number of carbonyl (C=O) groups excluding carboxylic acids is 1. The number of ether oxygens (including phenoxy) is 1. The quantitative estimate of drug-likeness (QED) is 0.541. The summed E-state index contributed by atoms with van der Waals surface area (Å²) < 4.78 is 31.1. The summed E-state index contributed by atoms with van der Waals surface area (Å²) in [7, 11) is -2.61. The highest BCUT2D eigenvalue weighted by Gasteiger charge is 2.35. The molecule has 0 heterocycles. The van der Waals surface area contributed by atoms with E-state index in [1.807, 2.05) is 24.3 Å². The lowest BCUT2D eigenvalue weighted by atomic mass is 10.1. The monoisotopic (exact) mass is 430 g/mol. The van der Waals surface area contributed by atoms with E-state index in [1.54, 1.807) is 18.2 Å². The molecule has 2 aromatic rings. The van der Waals surface area contributed by atoms with Gasteiger partial charge in [0.15, 0.2) is 15.1 Å². The van der Waals surface area contributed by atoms with E-state index in [1.165, 1.54) is 19.2 Å². The lowest BCUT2D eigenvalue weighted by Crippen LogP contribution is -2.33. The van der Waals surface area contributed by atoms with Crippen LogP contribution in [0.1, 0.15) is 5.56 Å². The van der Waals surface area contributed by atoms with Crippen LogP contribution >= 0.6 is 22.6 Å². The number of methoxy groups -OCH3 is 1. The molecule has 116 valence electrons. The lowest BCUT2D eigenvalue weighted by Gasteiger charge is -2.16. The van der Waals surface area contributed by atoms with E-state index >= 15 is 0 Å². The zero-order valence-corrected chi connectivity index (χ0v) is 14.9. The molecule has 0 radical (unpaired) electrons. The highest BCUT2D eigenvalue weighted by atomic mass is 127. The number of sulfone groups is 1. The molecular weight excluding hydrogens is 415 g/mol. The van der Waals surface area contributed by atoms with Crippen molar-refractivity contribution in [3.63, 3.8) is 0 Å². The first-order valence-electron chi connectivity index (χ1n) is 6.57. The Kier molecular flexibility index (Phi) is 5.57. The topological polar surface area (TPSA) is 60.4 Å². The summed E-state index contributed by atoms with van der Waals surface area (Å²) in [6, 6.07) is 15.3. The van der Waals surface area contributed by atoms with Gasteiger partial charge in [0, 0.05) is 9.99 Å². The molecule has 1 atom stereocenters. The molecule has 0 amide bonds. The summed E-state index contributed by atoms with van der Waals surface area (Å²) in [5.74, 6) is -0.747. The Morgan fingerprint density at radius 1 is 1.09 bits per heavy atom.